The van der Waals surface area contributed by atoms with Crippen molar-refractivity contribution in [3.8, 4) is 17.1 Å². The summed E-state index contributed by atoms with van der Waals surface area (Å²) in [6.07, 6.45) is 1.72. The molecule has 0 fully saturated rings. The molecule has 104 valence electrons. The number of hydrogen-bond acceptors (Lipinski definition) is 3. The van der Waals surface area contributed by atoms with Crippen LogP contribution in [0.2, 0.25) is 0 Å². The number of aromatic nitrogens is 2. The Morgan fingerprint density at radius 2 is 1.67 bits per heavy atom. The predicted octanol–water partition coefficient (Wildman–Crippen LogP) is 4.49. The number of para-hydroxylation sites is 1. The molecular formula is C17H13BrN2O. The molecule has 3 nitrogen and oxygen atoms in total. The highest BCUT2D eigenvalue weighted by Crippen LogP contribution is 2.28. The smallest absolute Gasteiger partial charge is 0.164 e. The molecule has 0 atom stereocenters. The minimum absolute atomic E-state index is 0.520. The summed E-state index contributed by atoms with van der Waals surface area (Å²) in [5.41, 5.74) is 2.01. The van der Waals surface area contributed by atoms with Crippen molar-refractivity contribution in [3.63, 3.8) is 0 Å². The third-order valence-corrected chi connectivity index (χ3v) is 3.43. The Kier molecular flexibility index (Phi) is 4.26. The summed E-state index contributed by atoms with van der Waals surface area (Å²) in [6, 6.07) is 19.7. The first-order chi connectivity index (χ1) is 10.3. The fraction of sp³-hybridized carbons (Fsp3) is 0.0588. The van der Waals surface area contributed by atoms with E-state index in [4.69, 9.17) is 4.74 Å². The summed E-state index contributed by atoms with van der Waals surface area (Å²) in [5, 5.41) is 0. The maximum atomic E-state index is 5.92. The highest BCUT2D eigenvalue weighted by molar-refractivity contribution is 9.10. The molecule has 2 aromatic carbocycles. The van der Waals surface area contributed by atoms with Crippen molar-refractivity contribution in [1.29, 1.82) is 0 Å². The Morgan fingerprint density at radius 1 is 0.905 bits per heavy atom. The van der Waals surface area contributed by atoms with E-state index in [1.807, 2.05) is 54.6 Å². The van der Waals surface area contributed by atoms with Gasteiger partial charge in [0.2, 0.25) is 0 Å². The van der Waals surface area contributed by atoms with Crippen molar-refractivity contribution >= 4 is 15.9 Å². The number of nitrogens with zero attached hydrogens (tertiary/aromatic N) is 2. The largest absolute Gasteiger partial charge is 0.488 e. The minimum atomic E-state index is 0.520. The number of rotatable bonds is 4. The fourth-order valence-corrected chi connectivity index (χ4v) is 2.27. The number of ether oxygens (including phenoxy) is 1. The fourth-order valence-electron chi connectivity index (χ4n) is 1.98. The van der Waals surface area contributed by atoms with Gasteiger partial charge in [0.15, 0.2) is 5.82 Å². The van der Waals surface area contributed by atoms with Gasteiger partial charge in [-0.1, -0.05) is 42.5 Å². The zero-order chi connectivity index (χ0) is 14.5. The first kappa shape index (κ1) is 13.8. The summed E-state index contributed by atoms with van der Waals surface area (Å²) < 4.78 is 6.68. The van der Waals surface area contributed by atoms with E-state index in [0.29, 0.717) is 12.4 Å². The molecule has 3 aromatic rings. The highest BCUT2D eigenvalue weighted by Gasteiger charge is 2.09. The molecule has 21 heavy (non-hydrogen) atoms. The third kappa shape index (κ3) is 3.47. The average Bonchev–Trinajstić information content (AvgIpc) is 2.54. The summed E-state index contributed by atoms with van der Waals surface area (Å²) in [7, 11) is 0. The van der Waals surface area contributed by atoms with Gasteiger partial charge in [-0.15, -0.1) is 0 Å². The van der Waals surface area contributed by atoms with E-state index >= 15 is 0 Å². The van der Waals surface area contributed by atoms with Crippen LogP contribution in [0.15, 0.2) is 71.5 Å². The summed E-state index contributed by atoms with van der Waals surface area (Å²) in [5.74, 6) is 1.42. The second-order valence-corrected chi connectivity index (χ2v) is 5.29. The van der Waals surface area contributed by atoms with Gasteiger partial charge < -0.3 is 4.74 Å². The topological polar surface area (TPSA) is 35.0 Å². The molecular weight excluding hydrogens is 328 g/mol. The van der Waals surface area contributed by atoms with Crippen LogP contribution in [0.25, 0.3) is 11.4 Å². The van der Waals surface area contributed by atoms with E-state index in [1.54, 1.807) is 12.3 Å². The average molecular weight is 341 g/mol. The molecule has 1 aromatic heterocycles. The molecule has 0 radical (unpaired) electrons. The van der Waals surface area contributed by atoms with E-state index in [1.165, 1.54) is 0 Å². The second kappa shape index (κ2) is 6.50. The predicted molar refractivity (Wildman–Crippen MR) is 85.9 cm³/mol. The van der Waals surface area contributed by atoms with Crippen LogP contribution < -0.4 is 4.74 Å². The molecule has 0 saturated heterocycles. The first-order valence-electron chi connectivity index (χ1n) is 6.57. The Morgan fingerprint density at radius 3 is 2.48 bits per heavy atom. The number of hydrogen-bond donors (Lipinski definition) is 0. The van der Waals surface area contributed by atoms with Gasteiger partial charge in [0.25, 0.3) is 0 Å². The number of benzene rings is 2. The molecule has 0 aliphatic carbocycles. The molecule has 0 saturated carbocycles. The second-order valence-electron chi connectivity index (χ2n) is 4.47. The molecule has 1 heterocycles. The maximum Gasteiger partial charge on any atom is 0.164 e. The summed E-state index contributed by atoms with van der Waals surface area (Å²) >= 11 is 3.37. The van der Waals surface area contributed by atoms with E-state index in [2.05, 4.69) is 25.9 Å². The van der Waals surface area contributed by atoms with Crippen LogP contribution in [-0.2, 0) is 6.61 Å². The SMILES string of the molecule is Brc1ccnc(-c2ccccc2OCc2ccccc2)n1. The molecule has 0 unspecified atom stereocenters. The van der Waals surface area contributed by atoms with E-state index in [0.717, 1.165) is 21.5 Å². The van der Waals surface area contributed by atoms with Crippen LogP contribution in [0.3, 0.4) is 0 Å². The van der Waals surface area contributed by atoms with Gasteiger partial charge in [-0.3, -0.25) is 0 Å². The van der Waals surface area contributed by atoms with Gasteiger partial charge in [-0.2, -0.15) is 0 Å². The van der Waals surface area contributed by atoms with Gasteiger partial charge in [0, 0.05) is 6.20 Å². The Balaban J connectivity index is 1.86. The van der Waals surface area contributed by atoms with Crippen LogP contribution >= 0.6 is 15.9 Å². The summed E-state index contributed by atoms with van der Waals surface area (Å²) in [4.78, 5) is 8.69. The lowest BCUT2D eigenvalue weighted by molar-refractivity contribution is 0.307. The Bertz CT molecular complexity index is 732. The lowest BCUT2D eigenvalue weighted by Crippen LogP contribution is -1.98. The molecule has 0 bridgehead atoms. The minimum Gasteiger partial charge on any atom is -0.488 e. The molecule has 3 rings (SSSR count). The quantitative estimate of drug-likeness (QED) is 0.656. The van der Waals surface area contributed by atoms with Crippen molar-refractivity contribution in [2.45, 2.75) is 6.61 Å². The summed E-state index contributed by atoms with van der Waals surface area (Å²) in [6.45, 7) is 0.520. The Labute approximate surface area is 131 Å². The van der Waals surface area contributed by atoms with Gasteiger partial charge in [0.05, 0.1) is 5.56 Å². The normalized spacial score (nSPS) is 10.3. The van der Waals surface area contributed by atoms with E-state index < -0.39 is 0 Å². The Hall–Kier alpha value is -2.20. The van der Waals surface area contributed by atoms with E-state index in [-0.39, 0.29) is 0 Å². The maximum absolute atomic E-state index is 5.92. The zero-order valence-corrected chi connectivity index (χ0v) is 12.8. The molecule has 0 spiro atoms. The van der Waals surface area contributed by atoms with E-state index in [9.17, 15) is 0 Å². The van der Waals surface area contributed by atoms with Crippen LogP contribution in [0.5, 0.6) is 5.75 Å². The van der Waals surface area contributed by atoms with Crippen LogP contribution in [0.1, 0.15) is 5.56 Å². The number of halogens is 1. The molecule has 0 aliphatic heterocycles. The highest BCUT2D eigenvalue weighted by atomic mass is 79.9. The third-order valence-electron chi connectivity index (χ3n) is 2.99. The van der Waals surface area contributed by atoms with Gasteiger partial charge >= 0.3 is 0 Å². The van der Waals surface area contributed by atoms with Crippen LogP contribution in [-0.4, -0.2) is 9.97 Å². The van der Waals surface area contributed by atoms with Crippen LogP contribution in [0.4, 0.5) is 0 Å². The molecule has 0 amide bonds. The molecule has 0 N–H and O–H groups in total. The zero-order valence-electron chi connectivity index (χ0n) is 11.2. The van der Waals surface area contributed by atoms with Gasteiger partial charge in [-0.05, 0) is 39.7 Å². The van der Waals surface area contributed by atoms with Crippen molar-refractivity contribution in [2.75, 3.05) is 0 Å². The lowest BCUT2D eigenvalue weighted by atomic mass is 10.2. The van der Waals surface area contributed by atoms with Crippen LogP contribution in [0, 0.1) is 0 Å². The first-order valence-corrected chi connectivity index (χ1v) is 7.37. The van der Waals surface area contributed by atoms with Crippen molar-refractivity contribution in [1.82, 2.24) is 9.97 Å². The van der Waals surface area contributed by atoms with Crippen molar-refractivity contribution in [3.05, 3.63) is 77.0 Å². The monoisotopic (exact) mass is 340 g/mol. The lowest BCUT2D eigenvalue weighted by Gasteiger charge is -2.10. The van der Waals surface area contributed by atoms with Gasteiger partial charge in [0.1, 0.15) is 17.0 Å². The molecule has 4 heteroatoms. The standard InChI is InChI=1S/C17H13BrN2O/c18-16-10-11-19-17(20-16)14-8-4-5-9-15(14)21-12-13-6-2-1-3-7-13/h1-11H,12H2. The van der Waals surface area contributed by atoms with Gasteiger partial charge in [-0.25, -0.2) is 9.97 Å². The van der Waals surface area contributed by atoms with Crippen molar-refractivity contribution < 1.29 is 4.74 Å². The molecule has 0 aliphatic rings. The van der Waals surface area contributed by atoms with Crippen molar-refractivity contribution in [2.24, 2.45) is 0 Å².